The van der Waals surface area contributed by atoms with Crippen LogP contribution < -0.4 is 5.32 Å². The van der Waals surface area contributed by atoms with Gasteiger partial charge in [-0.2, -0.15) is 5.10 Å². The van der Waals surface area contributed by atoms with Gasteiger partial charge in [0.2, 0.25) is 0 Å². The number of aromatic nitrogens is 2. The van der Waals surface area contributed by atoms with Crippen LogP contribution in [-0.2, 0) is 22.5 Å². The van der Waals surface area contributed by atoms with Gasteiger partial charge in [0.25, 0.3) is 0 Å². The number of hydrogen-bond donors (Lipinski definition) is 2. The molecule has 0 aliphatic carbocycles. The predicted molar refractivity (Wildman–Crippen MR) is 72.4 cm³/mol. The smallest absolute Gasteiger partial charge is 0.408 e. The molecule has 1 atom stereocenters. The maximum atomic E-state index is 11.6. The highest BCUT2D eigenvalue weighted by Crippen LogP contribution is 2.08. The summed E-state index contributed by atoms with van der Waals surface area (Å²) in [5, 5.41) is 15.6. The van der Waals surface area contributed by atoms with E-state index in [-0.39, 0.29) is 6.42 Å². The lowest BCUT2D eigenvalue weighted by atomic mass is 10.1. The van der Waals surface area contributed by atoms with E-state index in [0.29, 0.717) is 6.54 Å². The fraction of sp³-hybridized carbons (Fsp3) is 0.615. The van der Waals surface area contributed by atoms with Crippen molar-refractivity contribution in [3.8, 4) is 0 Å². The average molecular weight is 283 g/mol. The summed E-state index contributed by atoms with van der Waals surface area (Å²) in [6.45, 7) is 7.79. The van der Waals surface area contributed by atoms with Gasteiger partial charge in [-0.1, -0.05) is 0 Å². The van der Waals surface area contributed by atoms with E-state index < -0.39 is 23.7 Å². The zero-order chi connectivity index (χ0) is 15.3. The van der Waals surface area contributed by atoms with Crippen LogP contribution in [0.2, 0.25) is 0 Å². The Bertz CT molecular complexity index is 476. The van der Waals surface area contributed by atoms with Crippen molar-refractivity contribution in [2.75, 3.05) is 0 Å². The maximum absolute atomic E-state index is 11.6. The molecule has 7 heteroatoms. The topological polar surface area (TPSA) is 93.5 Å². The Hall–Kier alpha value is -2.05. The van der Waals surface area contributed by atoms with Crippen LogP contribution in [0.15, 0.2) is 12.4 Å². The quantitative estimate of drug-likeness (QED) is 0.852. The Kier molecular flexibility index (Phi) is 5.12. The fourth-order valence-corrected chi connectivity index (χ4v) is 1.57. The second-order valence-electron chi connectivity index (χ2n) is 5.45. The molecule has 1 aromatic rings. The van der Waals surface area contributed by atoms with E-state index in [1.807, 2.05) is 6.92 Å². The van der Waals surface area contributed by atoms with Gasteiger partial charge in [-0.3, -0.25) is 4.68 Å². The van der Waals surface area contributed by atoms with Crippen molar-refractivity contribution in [1.29, 1.82) is 0 Å². The summed E-state index contributed by atoms with van der Waals surface area (Å²) in [5.41, 5.74) is 0.0792. The van der Waals surface area contributed by atoms with E-state index in [9.17, 15) is 9.59 Å². The molecule has 1 rings (SSSR count). The van der Waals surface area contributed by atoms with Gasteiger partial charge in [0.05, 0.1) is 6.20 Å². The second-order valence-corrected chi connectivity index (χ2v) is 5.45. The number of nitrogens with zero attached hydrogens (tertiary/aromatic N) is 2. The number of carbonyl (C=O) groups excluding carboxylic acids is 1. The molecule has 0 saturated heterocycles. The lowest BCUT2D eigenvalue weighted by molar-refractivity contribution is -0.139. The molecule has 0 aliphatic rings. The first-order chi connectivity index (χ1) is 9.21. The molecule has 0 spiro atoms. The number of hydrogen-bond acceptors (Lipinski definition) is 4. The number of carboxylic acids is 1. The van der Waals surface area contributed by atoms with Gasteiger partial charge in [-0.25, -0.2) is 9.59 Å². The molecule has 0 fully saturated rings. The van der Waals surface area contributed by atoms with Crippen LogP contribution in [0.4, 0.5) is 4.79 Å². The molecule has 1 amide bonds. The Labute approximate surface area is 117 Å². The van der Waals surface area contributed by atoms with Crippen molar-refractivity contribution in [2.45, 2.75) is 52.3 Å². The van der Waals surface area contributed by atoms with Gasteiger partial charge in [-0.15, -0.1) is 0 Å². The minimum absolute atomic E-state index is 0.161. The SMILES string of the molecule is CCn1cc(CC(NC(=O)OC(C)(C)C)C(=O)O)cn1. The Morgan fingerprint density at radius 2 is 2.15 bits per heavy atom. The molecule has 1 heterocycles. The maximum Gasteiger partial charge on any atom is 0.408 e. The molecule has 1 unspecified atom stereocenters. The largest absolute Gasteiger partial charge is 0.480 e. The summed E-state index contributed by atoms with van der Waals surface area (Å²) < 4.78 is 6.74. The van der Waals surface area contributed by atoms with Crippen molar-refractivity contribution in [3.05, 3.63) is 18.0 Å². The molecular weight excluding hydrogens is 262 g/mol. The summed E-state index contributed by atoms with van der Waals surface area (Å²) in [6.07, 6.45) is 2.77. The van der Waals surface area contributed by atoms with Gasteiger partial charge < -0.3 is 15.2 Å². The molecule has 0 radical (unpaired) electrons. The zero-order valence-electron chi connectivity index (χ0n) is 12.2. The molecule has 0 bridgehead atoms. The summed E-state index contributed by atoms with van der Waals surface area (Å²) >= 11 is 0. The van der Waals surface area contributed by atoms with Crippen LogP contribution in [0.25, 0.3) is 0 Å². The summed E-state index contributed by atoms with van der Waals surface area (Å²) in [5.74, 6) is -1.11. The Balaban J connectivity index is 2.65. The Morgan fingerprint density at radius 3 is 2.60 bits per heavy atom. The van der Waals surface area contributed by atoms with Gasteiger partial charge in [0, 0.05) is 19.2 Å². The summed E-state index contributed by atoms with van der Waals surface area (Å²) in [4.78, 5) is 22.8. The van der Waals surface area contributed by atoms with Crippen molar-refractivity contribution in [3.63, 3.8) is 0 Å². The number of carbonyl (C=O) groups is 2. The summed E-state index contributed by atoms with van der Waals surface area (Å²) in [6, 6.07) is -1.04. The van der Waals surface area contributed by atoms with Crippen LogP contribution in [0.3, 0.4) is 0 Å². The van der Waals surface area contributed by atoms with Gasteiger partial charge in [0.15, 0.2) is 0 Å². The lowest BCUT2D eigenvalue weighted by Gasteiger charge is -2.21. The highest BCUT2D eigenvalue weighted by atomic mass is 16.6. The van der Waals surface area contributed by atoms with Crippen LogP contribution in [0.1, 0.15) is 33.3 Å². The van der Waals surface area contributed by atoms with Crippen LogP contribution in [0, 0.1) is 0 Å². The van der Waals surface area contributed by atoms with Gasteiger partial charge in [-0.05, 0) is 33.3 Å². The second kappa shape index (κ2) is 6.40. The number of nitrogens with one attached hydrogen (secondary N) is 1. The van der Waals surface area contributed by atoms with E-state index in [0.717, 1.165) is 5.56 Å². The molecule has 0 saturated carbocycles. The summed E-state index contributed by atoms with van der Waals surface area (Å²) in [7, 11) is 0. The van der Waals surface area contributed by atoms with E-state index in [1.165, 1.54) is 0 Å². The van der Waals surface area contributed by atoms with Crippen molar-refractivity contribution in [1.82, 2.24) is 15.1 Å². The minimum atomic E-state index is -1.11. The number of carboxylic acid groups (broad SMARTS) is 1. The number of amides is 1. The number of aliphatic carboxylic acids is 1. The molecule has 1 aromatic heterocycles. The first-order valence-electron chi connectivity index (χ1n) is 6.45. The van der Waals surface area contributed by atoms with Gasteiger partial charge in [0.1, 0.15) is 11.6 Å². The molecule has 20 heavy (non-hydrogen) atoms. The molecule has 112 valence electrons. The molecule has 2 N–H and O–H groups in total. The van der Waals surface area contributed by atoms with E-state index in [2.05, 4.69) is 10.4 Å². The third kappa shape index (κ3) is 5.29. The standard InChI is InChI=1S/C13H21N3O4/c1-5-16-8-9(7-14-16)6-10(11(17)18)15-12(19)20-13(2,3)4/h7-8,10H,5-6H2,1-4H3,(H,15,19)(H,17,18). The predicted octanol–water partition coefficient (Wildman–Crippen LogP) is 1.42. The first kappa shape index (κ1) is 16.0. The normalized spacial score (nSPS) is 12.8. The molecule has 0 aliphatic heterocycles. The van der Waals surface area contributed by atoms with Crippen molar-refractivity contribution < 1.29 is 19.4 Å². The minimum Gasteiger partial charge on any atom is -0.480 e. The third-order valence-corrected chi connectivity index (χ3v) is 2.44. The number of alkyl carbamates (subject to hydrolysis) is 1. The fourth-order valence-electron chi connectivity index (χ4n) is 1.57. The number of aryl methyl sites for hydroxylation is 1. The van der Waals surface area contributed by atoms with Crippen LogP contribution in [-0.4, -0.2) is 38.6 Å². The van der Waals surface area contributed by atoms with E-state index in [1.54, 1.807) is 37.8 Å². The van der Waals surface area contributed by atoms with Crippen LogP contribution >= 0.6 is 0 Å². The first-order valence-corrected chi connectivity index (χ1v) is 6.45. The third-order valence-electron chi connectivity index (χ3n) is 2.44. The average Bonchev–Trinajstić information content (AvgIpc) is 2.73. The Morgan fingerprint density at radius 1 is 1.50 bits per heavy atom. The monoisotopic (exact) mass is 283 g/mol. The van der Waals surface area contributed by atoms with Crippen molar-refractivity contribution in [2.24, 2.45) is 0 Å². The van der Waals surface area contributed by atoms with Gasteiger partial charge >= 0.3 is 12.1 Å². The number of ether oxygens (including phenoxy) is 1. The molecule has 7 nitrogen and oxygen atoms in total. The highest BCUT2D eigenvalue weighted by Gasteiger charge is 2.24. The molecular formula is C13H21N3O4. The highest BCUT2D eigenvalue weighted by molar-refractivity contribution is 5.80. The zero-order valence-corrected chi connectivity index (χ0v) is 12.2. The van der Waals surface area contributed by atoms with Crippen LogP contribution in [0.5, 0.6) is 0 Å². The molecule has 0 aromatic carbocycles. The lowest BCUT2D eigenvalue weighted by Crippen LogP contribution is -2.44. The van der Waals surface area contributed by atoms with E-state index in [4.69, 9.17) is 9.84 Å². The number of rotatable bonds is 5. The van der Waals surface area contributed by atoms with Crippen molar-refractivity contribution >= 4 is 12.1 Å². The van der Waals surface area contributed by atoms with E-state index >= 15 is 0 Å².